The van der Waals surface area contributed by atoms with Crippen molar-refractivity contribution < 1.29 is 9.53 Å². The van der Waals surface area contributed by atoms with Gasteiger partial charge in [-0.3, -0.25) is 9.69 Å². The van der Waals surface area contributed by atoms with E-state index < -0.39 is 0 Å². The summed E-state index contributed by atoms with van der Waals surface area (Å²) in [5.41, 5.74) is 4.03. The van der Waals surface area contributed by atoms with Gasteiger partial charge in [0.1, 0.15) is 5.75 Å². The van der Waals surface area contributed by atoms with Crippen molar-refractivity contribution in [3.63, 3.8) is 0 Å². The predicted molar refractivity (Wildman–Crippen MR) is 147 cm³/mol. The Morgan fingerprint density at radius 1 is 0.889 bits per heavy atom. The Morgan fingerprint density at radius 3 is 2.31 bits per heavy atom. The number of benzene rings is 3. The number of methoxy groups -OCH3 is 1. The van der Waals surface area contributed by atoms with E-state index in [1.807, 2.05) is 24.3 Å². The molecule has 0 atom stereocenters. The van der Waals surface area contributed by atoms with Gasteiger partial charge in [0.05, 0.1) is 12.7 Å². The second-order valence-electron chi connectivity index (χ2n) is 10.3. The molecule has 0 spiro atoms. The Hall–Kier alpha value is -3.31. The van der Waals surface area contributed by atoms with Crippen LogP contribution in [0.5, 0.6) is 5.75 Å². The molecular weight excluding hydrogens is 446 g/mol. The molecule has 0 unspecified atom stereocenters. The third-order valence-electron chi connectivity index (χ3n) is 8.12. The largest absolute Gasteiger partial charge is 0.496 e. The van der Waals surface area contributed by atoms with E-state index in [0.29, 0.717) is 11.3 Å². The van der Waals surface area contributed by atoms with E-state index >= 15 is 0 Å². The first kappa shape index (κ1) is 24.4. The Bertz CT molecular complexity index is 1160. The van der Waals surface area contributed by atoms with Crippen LogP contribution in [-0.2, 0) is 5.54 Å². The molecule has 36 heavy (non-hydrogen) atoms. The monoisotopic (exact) mass is 483 g/mol. The maximum atomic E-state index is 13.1. The quantitative estimate of drug-likeness (QED) is 0.455. The van der Waals surface area contributed by atoms with Crippen LogP contribution >= 0.6 is 0 Å². The minimum absolute atomic E-state index is 0.0143. The smallest absolute Gasteiger partial charge is 0.259 e. The van der Waals surface area contributed by atoms with Gasteiger partial charge in [-0.25, -0.2) is 0 Å². The molecule has 2 aliphatic rings. The van der Waals surface area contributed by atoms with Crippen molar-refractivity contribution in [2.45, 2.75) is 38.1 Å². The van der Waals surface area contributed by atoms with E-state index in [2.05, 4.69) is 70.6 Å². The Balaban J connectivity index is 1.38. The van der Waals surface area contributed by atoms with Crippen LogP contribution in [0.4, 0.5) is 11.4 Å². The van der Waals surface area contributed by atoms with E-state index in [1.165, 1.54) is 24.1 Å². The molecule has 0 radical (unpaired) electrons. The van der Waals surface area contributed by atoms with E-state index in [1.54, 1.807) is 13.2 Å². The van der Waals surface area contributed by atoms with Crippen molar-refractivity contribution in [1.29, 1.82) is 0 Å². The second kappa shape index (κ2) is 10.8. The molecule has 0 aromatic heterocycles. The van der Waals surface area contributed by atoms with Crippen LogP contribution in [0.25, 0.3) is 0 Å². The lowest BCUT2D eigenvalue weighted by Crippen LogP contribution is -2.56. The van der Waals surface area contributed by atoms with E-state index in [4.69, 9.17) is 4.74 Å². The lowest BCUT2D eigenvalue weighted by atomic mass is 9.71. The number of amides is 1. The summed E-state index contributed by atoms with van der Waals surface area (Å²) in [6.07, 6.45) is 4.78. The fourth-order valence-corrected chi connectivity index (χ4v) is 5.98. The SMILES string of the molecule is COc1ccccc1C(=O)Nc1cccc([C@]2(N3CCN(c4ccccc4)CC3)CC[C@H](C)CC2)c1. The minimum atomic E-state index is -0.146. The molecule has 1 saturated carbocycles. The van der Waals surface area contributed by atoms with E-state index in [-0.39, 0.29) is 11.4 Å². The zero-order valence-electron chi connectivity index (χ0n) is 21.5. The number of rotatable bonds is 6. The first-order valence-corrected chi connectivity index (χ1v) is 13.2. The highest BCUT2D eigenvalue weighted by atomic mass is 16.5. The average Bonchev–Trinajstić information content (AvgIpc) is 2.94. The van der Waals surface area contributed by atoms with E-state index in [0.717, 1.165) is 50.6 Å². The molecule has 0 bridgehead atoms. The molecule has 3 aromatic carbocycles. The summed E-state index contributed by atoms with van der Waals surface area (Å²) in [5.74, 6) is 1.20. The van der Waals surface area contributed by atoms with Crippen LogP contribution in [0.15, 0.2) is 78.9 Å². The number of ether oxygens (including phenoxy) is 1. The van der Waals surface area contributed by atoms with Crippen molar-refractivity contribution in [3.8, 4) is 5.75 Å². The summed E-state index contributed by atoms with van der Waals surface area (Å²) < 4.78 is 5.40. The molecule has 3 aromatic rings. The van der Waals surface area contributed by atoms with Crippen LogP contribution in [0.1, 0.15) is 48.5 Å². The number of anilines is 2. The van der Waals surface area contributed by atoms with Gasteiger partial charge in [-0.15, -0.1) is 0 Å². The highest BCUT2D eigenvalue weighted by Gasteiger charge is 2.42. The fraction of sp³-hybridized carbons (Fsp3) is 0.387. The van der Waals surface area contributed by atoms with Gasteiger partial charge >= 0.3 is 0 Å². The van der Waals surface area contributed by atoms with Gasteiger partial charge in [0.15, 0.2) is 0 Å². The van der Waals surface area contributed by atoms with Crippen molar-refractivity contribution >= 4 is 17.3 Å². The van der Waals surface area contributed by atoms with Gasteiger partial charge in [0.25, 0.3) is 5.91 Å². The first-order chi connectivity index (χ1) is 17.6. The van der Waals surface area contributed by atoms with Gasteiger partial charge in [0.2, 0.25) is 0 Å². The standard InChI is InChI=1S/C31H37N3O2/c1-24-15-17-31(18-16-24,34-21-19-33(20-22-34)27-11-4-3-5-12-27)25-9-8-10-26(23-25)32-30(35)28-13-6-7-14-29(28)36-2/h3-14,23-24H,15-22H2,1-2H3,(H,32,35)/t24-,31-. The number of piperazine rings is 1. The fourth-order valence-electron chi connectivity index (χ4n) is 5.98. The zero-order chi connectivity index (χ0) is 25.0. The Kier molecular flexibility index (Phi) is 7.28. The molecule has 1 aliphatic heterocycles. The molecule has 5 nitrogen and oxygen atoms in total. The van der Waals surface area contributed by atoms with Crippen molar-refractivity contribution in [3.05, 3.63) is 90.0 Å². The third-order valence-corrected chi connectivity index (χ3v) is 8.12. The summed E-state index contributed by atoms with van der Waals surface area (Å²) in [4.78, 5) is 18.3. The van der Waals surface area contributed by atoms with Crippen LogP contribution in [0, 0.1) is 5.92 Å². The normalized spacial score (nSPS) is 22.7. The van der Waals surface area contributed by atoms with Gasteiger partial charge in [0, 0.05) is 43.1 Å². The minimum Gasteiger partial charge on any atom is -0.496 e. The van der Waals surface area contributed by atoms with Crippen LogP contribution in [0.2, 0.25) is 0 Å². The summed E-state index contributed by atoms with van der Waals surface area (Å²) >= 11 is 0. The summed E-state index contributed by atoms with van der Waals surface area (Å²) in [6, 6.07) is 26.6. The lowest BCUT2D eigenvalue weighted by molar-refractivity contribution is 0.0299. The molecule has 1 aliphatic carbocycles. The Labute approximate surface area is 215 Å². The summed E-state index contributed by atoms with van der Waals surface area (Å²) in [7, 11) is 1.60. The number of carbonyl (C=O) groups is 1. The summed E-state index contributed by atoms with van der Waals surface area (Å²) in [5, 5.41) is 3.12. The molecular formula is C31H37N3O2. The van der Waals surface area contributed by atoms with Crippen LogP contribution in [0.3, 0.4) is 0 Å². The van der Waals surface area contributed by atoms with Crippen molar-refractivity contribution in [1.82, 2.24) is 4.90 Å². The van der Waals surface area contributed by atoms with Gasteiger partial charge in [-0.05, 0) is 73.6 Å². The van der Waals surface area contributed by atoms with E-state index in [9.17, 15) is 4.79 Å². The lowest BCUT2D eigenvalue weighted by Gasteiger charge is -2.51. The Morgan fingerprint density at radius 2 is 1.58 bits per heavy atom. The molecule has 1 saturated heterocycles. The molecule has 1 N–H and O–H groups in total. The van der Waals surface area contributed by atoms with Crippen LogP contribution in [-0.4, -0.2) is 44.1 Å². The highest BCUT2D eigenvalue weighted by Crippen LogP contribution is 2.45. The average molecular weight is 484 g/mol. The number of carbonyl (C=O) groups excluding carboxylic acids is 1. The molecule has 5 heteroatoms. The second-order valence-corrected chi connectivity index (χ2v) is 10.3. The van der Waals surface area contributed by atoms with Crippen molar-refractivity contribution in [2.75, 3.05) is 43.5 Å². The molecule has 188 valence electrons. The highest BCUT2D eigenvalue weighted by molar-refractivity contribution is 6.06. The van der Waals surface area contributed by atoms with Crippen molar-refractivity contribution in [2.24, 2.45) is 5.92 Å². The summed E-state index contributed by atoms with van der Waals surface area (Å²) in [6.45, 7) is 6.53. The molecule has 5 rings (SSSR count). The first-order valence-electron chi connectivity index (χ1n) is 13.2. The molecule has 1 amide bonds. The number of hydrogen-bond acceptors (Lipinski definition) is 4. The number of nitrogens with one attached hydrogen (secondary N) is 1. The third kappa shape index (κ3) is 4.98. The number of nitrogens with zero attached hydrogens (tertiary/aromatic N) is 2. The maximum Gasteiger partial charge on any atom is 0.259 e. The van der Waals surface area contributed by atoms with Gasteiger partial charge in [-0.1, -0.05) is 49.4 Å². The predicted octanol–water partition coefficient (Wildman–Crippen LogP) is 6.18. The topological polar surface area (TPSA) is 44.8 Å². The zero-order valence-corrected chi connectivity index (χ0v) is 21.5. The van der Waals surface area contributed by atoms with Crippen LogP contribution < -0.4 is 15.0 Å². The number of hydrogen-bond donors (Lipinski definition) is 1. The number of para-hydroxylation sites is 2. The maximum absolute atomic E-state index is 13.1. The van der Waals surface area contributed by atoms with Gasteiger partial charge in [-0.2, -0.15) is 0 Å². The molecule has 2 fully saturated rings. The molecule has 1 heterocycles. The van der Waals surface area contributed by atoms with Gasteiger partial charge < -0.3 is 15.0 Å².